The minimum absolute atomic E-state index is 0.250. The van der Waals surface area contributed by atoms with E-state index in [4.69, 9.17) is 14.2 Å². The van der Waals surface area contributed by atoms with Gasteiger partial charge >= 0.3 is 0 Å². The Morgan fingerprint density at radius 1 is 0.935 bits per heavy atom. The molecule has 0 fully saturated rings. The molecule has 1 aliphatic rings. The van der Waals surface area contributed by atoms with Gasteiger partial charge in [0.1, 0.15) is 17.7 Å². The lowest BCUT2D eigenvalue weighted by atomic mass is 10.0. The van der Waals surface area contributed by atoms with Gasteiger partial charge in [-0.2, -0.15) is 0 Å². The Hall–Kier alpha value is -3.01. The summed E-state index contributed by atoms with van der Waals surface area (Å²) in [6.45, 7) is 0. The van der Waals surface area contributed by atoms with Gasteiger partial charge in [0.05, 0.1) is 26.9 Å². The molecule has 1 amide bonds. The molecule has 1 unspecified atom stereocenters. The SMILES string of the molecule is COc1cc(OC)c(C2Nc3ccc(I)cc3C(=O)N2c2cccc(F)c2)cc1OC. The number of hydrogen-bond acceptors (Lipinski definition) is 5. The molecule has 0 bridgehead atoms. The Labute approximate surface area is 193 Å². The molecule has 6 nitrogen and oxygen atoms in total. The minimum atomic E-state index is -0.670. The van der Waals surface area contributed by atoms with Gasteiger partial charge < -0.3 is 19.5 Å². The molecule has 0 spiro atoms. The molecule has 0 radical (unpaired) electrons. The molecule has 0 saturated carbocycles. The van der Waals surface area contributed by atoms with E-state index in [1.165, 1.54) is 38.4 Å². The molecule has 3 aromatic carbocycles. The number of carbonyl (C=O) groups excluding carboxylic acids is 1. The predicted molar refractivity (Wildman–Crippen MR) is 125 cm³/mol. The van der Waals surface area contributed by atoms with Gasteiger partial charge in [-0.3, -0.25) is 9.69 Å². The second-order valence-corrected chi connectivity index (χ2v) is 8.09. The lowest BCUT2D eigenvalue weighted by molar-refractivity contribution is 0.0974. The summed E-state index contributed by atoms with van der Waals surface area (Å²) in [5, 5.41) is 3.41. The van der Waals surface area contributed by atoms with Crippen LogP contribution in [0.5, 0.6) is 17.2 Å². The number of anilines is 2. The maximum Gasteiger partial charge on any atom is 0.262 e. The van der Waals surface area contributed by atoms with Gasteiger partial charge in [-0.15, -0.1) is 0 Å². The van der Waals surface area contributed by atoms with Crippen LogP contribution in [0.4, 0.5) is 15.8 Å². The quantitative estimate of drug-likeness (QED) is 0.455. The lowest BCUT2D eigenvalue weighted by Crippen LogP contribution is -2.43. The van der Waals surface area contributed by atoms with Gasteiger partial charge in [0.15, 0.2) is 11.5 Å². The van der Waals surface area contributed by atoms with E-state index in [9.17, 15) is 9.18 Å². The first-order chi connectivity index (χ1) is 15.0. The van der Waals surface area contributed by atoms with Crippen molar-refractivity contribution in [3.05, 3.63) is 75.1 Å². The van der Waals surface area contributed by atoms with Gasteiger partial charge in [0, 0.05) is 26.6 Å². The molecule has 31 heavy (non-hydrogen) atoms. The maximum absolute atomic E-state index is 14.1. The van der Waals surface area contributed by atoms with E-state index < -0.39 is 12.0 Å². The summed E-state index contributed by atoms with van der Waals surface area (Å²) in [4.78, 5) is 15.1. The molecular weight excluding hydrogens is 514 g/mol. The Morgan fingerprint density at radius 2 is 1.65 bits per heavy atom. The molecule has 1 aliphatic heterocycles. The minimum Gasteiger partial charge on any atom is -0.496 e. The second-order valence-electron chi connectivity index (χ2n) is 6.84. The van der Waals surface area contributed by atoms with Crippen LogP contribution in [0, 0.1) is 9.39 Å². The molecule has 3 aromatic rings. The van der Waals surface area contributed by atoms with Crippen molar-refractivity contribution in [1.82, 2.24) is 0 Å². The number of nitrogens with one attached hydrogen (secondary N) is 1. The van der Waals surface area contributed by atoms with Crippen LogP contribution in [0.25, 0.3) is 0 Å². The molecule has 0 aliphatic carbocycles. The van der Waals surface area contributed by atoms with Crippen molar-refractivity contribution in [2.75, 3.05) is 31.5 Å². The molecule has 4 rings (SSSR count). The summed E-state index contributed by atoms with van der Waals surface area (Å²) in [7, 11) is 4.61. The maximum atomic E-state index is 14.1. The number of hydrogen-bond donors (Lipinski definition) is 1. The third kappa shape index (κ3) is 3.87. The van der Waals surface area contributed by atoms with Crippen molar-refractivity contribution in [2.24, 2.45) is 0 Å². The normalized spacial score (nSPS) is 15.2. The van der Waals surface area contributed by atoms with Gasteiger partial charge in [-0.05, 0) is 65.1 Å². The van der Waals surface area contributed by atoms with E-state index in [0.29, 0.717) is 39.8 Å². The standard InChI is InChI=1S/C23H20FIN2O4/c1-29-19-12-21(31-3)20(30-2)11-17(19)22-26-18-8-7-14(25)10-16(18)23(28)27(22)15-6-4-5-13(24)9-15/h4-12,22,26H,1-3H3. The third-order valence-electron chi connectivity index (χ3n) is 5.10. The zero-order valence-electron chi connectivity index (χ0n) is 17.1. The highest BCUT2D eigenvalue weighted by Crippen LogP contribution is 2.43. The summed E-state index contributed by atoms with van der Waals surface area (Å²) >= 11 is 2.16. The lowest BCUT2D eigenvalue weighted by Gasteiger charge is -2.38. The van der Waals surface area contributed by atoms with Gasteiger partial charge in [0.2, 0.25) is 0 Å². The first-order valence-corrected chi connectivity index (χ1v) is 10.5. The van der Waals surface area contributed by atoms with Crippen LogP contribution in [-0.4, -0.2) is 27.2 Å². The topological polar surface area (TPSA) is 60.0 Å². The summed E-state index contributed by atoms with van der Waals surface area (Å²) in [6.07, 6.45) is -0.670. The van der Waals surface area contributed by atoms with Crippen molar-refractivity contribution in [3.63, 3.8) is 0 Å². The molecule has 1 N–H and O–H groups in total. The first-order valence-electron chi connectivity index (χ1n) is 9.42. The molecular formula is C23H20FIN2O4. The van der Waals surface area contributed by atoms with Crippen LogP contribution in [0.2, 0.25) is 0 Å². The van der Waals surface area contributed by atoms with Crippen LogP contribution in [0.3, 0.4) is 0 Å². The highest BCUT2D eigenvalue weighted by atomic mass is 127. The van der Waals surface area contributed by atoms with Gasteiger partial charge in [-0.25, -0.2) is 4.39 Å². The number of amides is 1. The number of benzene rings is 3. The number of rotatable bonds is 5. The fourth-order valence-electron chi connectivity index (χ4n) is 3.65. The smallest absolute Gasteiger partial charge is 0.262 e. The molecule has 1 atom stereocenters. The summed E-state index contributed by atoms with van der Waals surface area (Å²) in [5.74, 6) is 0.799. The predicted octanol–water partition coefficient (Wildman–Crippen LogP) is 5.23. The van der Waals surface area contributed by atoms with E-state index >= 15 is 0 Å². The van der Waals surface area contributed by atoms with Crippen LogP contribution in [-0.2, 0) is 0 Å². The van der Waals surface area contributed by atoms with E-state index in [1.807, 2.05) is 12.1 Å². The molecule has 160 valence electrons. The number of nitrogens with zero attached hydrogens (tertiary/aromatic N) is 1. The Kier molecular flexibility index (Phi) is 5.90. The zero-order chi connectivity index (χ0) is 22.1. The number of fused-ring (bicyclic) bond motifs is 1. The molecule has 0 aromatic heterocycles. The largest absolute Gasteiger partial charge is 0.496 e. The van der Waals surface area contributed by atoms with Crippen molar-refractivity contribution in [2.45, 2.75) is 6.17 Å². The molecule has 1 heterocycles. The Balaban J connectivity index is 1.94. The van der Waals surface area contributed by atoms with Crippen LogP contribution >= 0.6 is 22.6 Å². The number of methoxy groups -OCH3 is 3. The number of carbonyl (C=O) groups is 1. The summed E-state index contributed by atoms with van der Waals surface area (Å²) < 4.78 is 31.5. The van der Waals surface area contributed by atoms with E-state index in [0.717, 1.165) is 3.57 Å². The van der Waals surface area contributed by atoms with Crippen molar-refractivity contribution in [1.29, 1.82) is 0 Å². The van der Waals surface area contributed by atoms with E-state index in [2.05, 4.69) is 27.9 Å². The fourth-order valence-corrected chi connectivity index (χ4v) is 4.14. The average Bonchev–Trinajstić information content (AvgIpc) is 2.78. The fraction of sp³-hybridized carbons (Fsp3) is 0.174. The van der Waals surface area contributed by atoms with Crippen molar-refractivity contribution < 1.29 is 23.4 Å². The van der Waals surface area contributed by atoms with Crippen molar-refractivity contribution in [3.8, 4) is 17.2 Å². The average molecular weight is 534 g/mol. The summed E-state index contributed by atoms with van der Waals surface area (Å²) in [6, 6.07) is 15.0. The third-order valence-corrected chi connectivity index (χ3v) is 5.77. The van der Waals surface area contributed by atoms with Crippen LogP contribution in [0.1, 0.15) is 22.1 Å². The van der Waals surface area contributed by atoms with Crippen LogP contribution in [0.15, 0.2) is 54.6 Å². The number of halogens is 2. The first kappa shape index (κ1) is 21.2. The summed E-state index contributed by atoms with van der Waals surface area (Å²) in [5.41, 5.74) is 2.25. The highest BCUT2D eigenvalue weighted by Gasteiger charge is 2.36. The zero-order valence-corrected chi connectivity index (χ0v) is 19.3. The second kappa shape index (κ2) is 8.62. The Bertz CT molecular complexity index is 1150. The van der Waals surface area contributed by atoms with E-state index in [1.54, 1.807) is 30.3 Å². The monoisotopic (exact) mass is 534 g/mol. The molecule has 8 heteroatoms. The van der Waals surface area contributed by atoms with Gasteiger partial charge in [-0.1, -0.05) is 6.07 Å². The Morgan fingerprint density at radius 3 is 2.32 bits per heavy atom. The van der Waals surface area contributed by atoms with Crippen molar-refractivity contribution >= 4 is 39.9 Å². The van der Waals surface area contributed by atoms with Crippen LogP contribution < -0.4 is 24.4 Å². The van der Waals surface area contributed by atoms with Gasteiger partial charge in [0.25, 0.3) is 5.91 Å². The highest BCUT2D eigenvalue weighted by molar-refractivity contribution is 14.1. The molecule has 0 saturated heterocycles. The van der Waals surface area contributed by atoms with E-state index in [-0.39, 0.29) is 5.91 Å². The number of ether oxygens (including phenoxy) is 3.